The molecule has 0 aliphatic rings. The largest absolute Gasteiger partial charge is 0.264 e. The van der Waals surface area contributed by atoms with Gasteiger partial charge in [-0.2, -0.15) is 0 Å². The summed E-state index contributed by atoms with van der Waals surface area (Å²) < 4.78 is 3.35. The molecule has 0 aromatic heterocycles. The molecule has 0 aromatic carbocycles. The Hall–Kier alpha value is -0.730. The van der Waals surface area contributed by atoms with Crippen molar-refractivity contribution < 1.29 is 0 Å². The van der Waals surface area contributed by atoms with Gasteiger partial charge in [0, 0.05) is 6.54 Å². The molecule has 0 fully saturated rings. The second-order valence-electron chi connectivity index (χ2n) is 6.37. The van der Waals surface area contributed by atoms with Crippen molar-refractivity contribution in [2.45, 2.75) is 92.9 Å². The second-order valence-corrected chi connectivity index (χ2v) is 7.06. The number of hydrogen-bond donors (Lipinski definition) is 1. The lowest BCUT2D eigenvalue weighted by atomic mass is 9.86. The average Bonchev–Trinajstić information content (AvgIpc) is 2.73. The van der Waals surface area contributed by atoms with Gasteiger partial charge < -0.3 is 0 Å². The summed E-state index contributed by atoms with van der Waals surface area (Å²) in [5, 5.41) is 0. The molecule has 0 bridgehead atoms. The summed E-state index contributed by atoms with van der Waals surface area (Å²) in [5.41, 5.74) is 0. The highest BCUT2D eigenvalue weighted by molar-refractivity contribution is 7.96. The first-order chi connectivity index (χ1) is 13.7. The molecule has 2 unspecified atom stereocenters. The van der Waals surface area contributed by atoms with Crippen molar-refractivity contribution in [3.05, 3.63) is 50.1 Å². The van der Waals surface area contributed by atoms with Crippen molar-refractivity contribution in [1.82, 2.24) is 4.72 Å². The zero-order valence-corrected chi connectivity index (χ0v) is 21.3. The number of allylic oxidation sites excluding steroid dienone is 5. The van der Waals surface area contributed by atoms with Crippen molar-refractivity contribution >= 4 is 11.9 Å². The van der Waals surface area contributed by atoms with E-state index in [2.05, 4.69) is 75.8 Å². The lowest BCUT2D eigenvalue weighted by Crippen LogP contribution is -2.13. The van der Waals surface area contributed by atoms with Gasteiger partial charge in [0.05, 0.1) is 0 Å². The fourth-order valence-corrected chi connectivity index (χ4v) is 3.01. The fraction of sp³-hybridized carbons (Fsp3) is 0.692. The van der Waals surface area contributed by atoms with E-state index in [9.17, 15) is 0 Å². The van der Waals surface area contributed by atoms with Gasteiger partial charge in [0.25, 0.3) is 0 Å². The van der Waals surface area contributed by atoms with E-state index in [4.69, 9.17) is 0 Å². The smallest absolute Gasteiger partial charge is 0.00585 e. The predicted octanol–water partition coefficient (Wildman–Crippen LogP) is 9.40. The Morgan fingerprint density at radius 2 is 1.57 bits per heavy atom. The van der Waals surface area contributed by atoms with E-state index in [0.29, 0.717) is 5.92 Å². The number of nitrogens with one attached hydrogen (secondary N) is 1. The zero-order valence-electron chi connectivity index (χ0n) is 20.4. The van der Waals surface area contributed by atoms with Crippen LogP contribution < -0.4 is 4.72 Å². The lowest BCUT2D eigenvalue weighted by molar-refractivity contribution is 0.354. The van der Waals surface area contributed by atoms with Crippen LogP contribution in [0.2, 0.25) is 0 Å². The third-order valence-electron chi connectivity index (χ3n) is 4.04. The molecule has 0 saturated carbocycles. The van der Waals surface area contributed by atoms with E-state index < -0.39 is 0 Å². The van der Waals surface area contributed by atoms with Gasteiger partial charge in [-0.15, -0.1) is 19.7 Å². The van der Waals surface area contributed by atoms with Crippen molar-refractivity contribution in [3.8, 4) is 0 Å². The highest BCUT2D eigenvalue weighted by Gasteiger charge is 2.13. The molecule has 0 aromatic rings. The van der Waals surface area contributed by atoms with Crippen LogP contribution in [-0.2, 0) is 0 Å². The summed E-state index contributed by atoms with van der Waals surface area (Å²) in [4.78, 5) is 0. The Balaban J connectivity index is -0.000000362. The van der Waals surface area contributed by atoms with Gasteiger partial charge in [-0.05, 0) is 50.7 Å². The van der Waals surface area contributed by atoms with Crippen molar-refractivity contribution in [3.63, 3.8) is 0 Å². The molecular weight excluding hydrogens is 358 g/mol. The SMILES string of the molecule is C=C.C=CC.CC.CCCCC/C=C/C=C/C(C)C(CCC)CCCNSC. The van der Waals surface area contributed by atoms with E-state index >= 15 is 0 Å². The molecule has 28 heavy (non-hydrogen) atoms. The first-order valence-corrected chi connectivity index (χ1v) is 12.6. The number of hydrogen-bond acceptors (Lipinski definition) is 2. The van der Waals surface area contributed by atoms with Gasteiger partial charge in [-0.1, -0.05) is 103 Å². The molecule has 168 valence electrons. The maximum atomic E-state index is 3.36. The van der Waals surface area contributed by atoms with E-state index in [-0.39, 0.29) is 0 Å². The third-order valence-corrected chi connectivity index (χ3v) is 4.53. The molecule has 1 N–H and O–H groups in total. The Morgan fingerprint density at radius 1 is 0.964 bits per heavy atom. The highest BCUT2D eigenvalue weighted by atomic mass is 32.2. The number of unbranched alkanes of at least 4 members (excludes halogenated alkanes) is 3. The zero-order chi connectivity index (χ0) is 22.5. The van der Waals surface area contributed by atoms with E-state index in [1.54, 1.807) is 18.0 Å². The molecule has 0 aliphatic carbocycles. The predicted molar refractivity (Wildman–Crippen MR) is 139 cm³/mol. The van der Waals surface area contributed by atoms with Gasteiger partial charge in [-0.25, -0.2) is 0 Å². The summed E-state index contributed by atoms with van der Waals surface area (Å²) in [5.74, 6) is 1.53. The Bertz CT molecular complexity index is 310. The molecule has 2 heteroatoms. The monoisotopic (exact) mass is 411 g/mol. The van der Waals surface area contributed by atoms with Crippen molar-refractivity contribution in [2.75, 3.05) is 12.8 Å². The highest BCUT2D eigenvalue weighted by Crippen LogP contribution is 2.24. The third kappa shape index (κ3) is 32.9. The molecule has 0 aliphatic heterocycles. The van der Waals surface area contributed by atoms with Gasteiger partial charge in [-0.3, -0.25) is 4.72 Å². The van der Waals surface area contributed by atoms with Crippen LogP contribution >= 0.6 is 11.9 Å². The minimum atomic E-state index is 0.694. The summed E-state index contributed by atoms with van der Waals surface area (Å²) in [7, 11) is 0. The van der Waals surface area contributed by atoms with Gasteiger partial charge >= 0.3 is 0 Å². The van der Waals surface area contributed by atoms with Crippen LogP contribution in [-0.4, -0.2) is 12.8 Å². The summed E-state index contributed by atoms with van der Waals surface area (Å²) in [6, 6.07) is 0. The molecule has 2 atom stereocenters. The Labute approximate surface area is 184 Å². The average molecular weight is 412 g/mol. The molecule has 0 amide bonds. The van der Waals surface area contributed by atoms with Crippen LogP contribution in [0, 0.1) is 11.8 Å². The summed E-state index contributed by atoms with van der Waals surface area (Å²) >= 11 is 1.73. The molecule has 0 rings (SSSR count). The van der Waals surface area contributed by atoms with Crippen LogP contribution in [0.25, 0.3) is 0 Å². The second kappa shape index (κ2) is 37.1. The van der Waals surface area contributed by atoms with Gasteiger partial charge in [0.1, 0.15) is 0 Å². The normalized spacial score (nSPS) is 12.1. The van der Waals surface area contributed by atoms with E-state index in [1.165, 1.54) is 51.4 Å². The quantitative estimate of drug-likeness (QED) is 0.132. The van der Waals surface area contributed by atoms with Crippen LogP contribution in [0.3, 0.4) is 0 Å². The van der Waals surface area contributed by atoms with E-state index in [0.717, 1.165) is 12.5 Å². The first-order valence-electron chi connectivity index (χ1n) is 11.3. The van der Waals surface area contributed by atoms with Crippen molar-refractivity contribution in [1.29, 1.82) is 0 Å². The van der Waals surface area contributed by atoms with Crippen molar-refractivity contribution in [2.24, 2.45) is 11.8 Å². The van der Waals surface area contributed by atoms with E-state index in [1.807, 2.05) is 20.8 Å². The van der Waals surface area contributed by atoms with Crippen LogP contribution in [0.1, 0.15) is 92.9 Å². The molecule has 0 spiro atoms. The molecule has 0 saturated heterocycles. The minimum Gasteiger partial charge on any atom is -0.264 e. The summed E-state index contributed by atoms with van der Waals surface area (Å²) in [6.45, 7) is 23.3. The van der Waals surface area contributed by atoms with Gasteiger partial charge in [0.2, 0.25) is 0 Å². The lowest BCUT2D eigenvalue weighted by Gasteiger charge is -2.21. The molecule has 0 radical (unpaired) electrons. The summed E-state index contributed by atoms with van der Waals surface area (Å²) in [6.07, 6.45) is 23.6. The topological polar surface area (TPSA) is 12.0 Å². The molecule has 1 nitrogen and oxygen atoms in total. The fourth-order valence-electron chi connectivity index (χ4n) is 2.66. The maximum Gasteiger partial charge on any atom is 0.00585 e. The Kier molecular flexibility index (Phi) is 46.0. The first kappa shape index (κ1) is 34.8. The van der Waals surface area contributed by atoms with Gasteiger partial charge in [0.15, 0.2) is 0 Å². The van der Waals surface area contributed by atoms with Crippen LogP contribution in [0.5, 0.6) is 0 Å². The molecular formula is C26H53NS. The molecule has 0 heterocycles. The minimum absolute atomic E-state index is 0.694. The van der Waals surface area contributed by atoms with Crippen LogP contribution in [0.4, 0.5) is 0 Å². The standard InChI is InChI=1S/C19H37NS.C3H6.C2H6.C2H4/c1-5-7-8-9-10-11-12-15-18(3)19(14-6-2)16-13-17-20-21-4;1-3-2;2*1-2/h10-12,15,18-20H,5-9,13-14,16-17H2,1-4H3;3H,1H2,2H3;1-2H3;1-2H2/b11-10+,15-12+;;;. The van der Waals surface area contributed by atoms with Crippen LogP contribution in [0.15, 0.2) is 50.1 Å². The number of rotatable bonds is 14. The maximum absolute atomic E-state index is 3.36. The Morgan fingerprint density at radius 3 is 2.07 bits per heavy atom.